The molecule has 28 heavy (non-hydrogen) atoms. The minimum absolute atomic E-state index is 0.0202. The van der Waals surface area contributed by atoms with E-state index in [-0.39, 0.29) is 23.2 Å². The Labute approximate surface area is 165 Å². The van der Waals surface area contributed by atoms with E-state index in [9.17, 15) is 14.7 Å². The highest BCUT2D eigenvalue weighted by Gasteiger charge is 2.29. The number of hydrogen-bond donors (Lipinski definition) is 3. The van der Waals surface area contributed by atoms with Crippen molar-refractivity contribution >= 4 is 34.7 Å². The fourth-order valence-corrected chi connectivity index (χ4v) is 4.07. The summed E-state index contributed by atoms with van der Waals surface area (Å²) >= 11 is 1.50. The van der Waals surface area contributed by atoms with Gasteiger partial charge in [-0.3, -0.25) is 4.79 Å². The average Bonchev–Trinajstić information content (AvgIpc) is 3.29. The molecule has 0 unspecified atom stereocenters. The number of hydrogen-bond acceptors (Lipinski definition) is 5. The standard InChI is InChI=1S/C20H18N4O3S/c1-11-6-12(2)8-13(7-11)22-19(25)14-10-21-24-16(17-4-3-5-28-17)9-15(20(26)27)23-18(14)24/h3-10,16,23H,1-2H3,(H,22,25)(H,26,27)/t16-/m1/s1. The molecule has 4 rings (SSSR count). The minimum atomic E-state index is -1.09. The molecule has 1 aliphatic rings. The molecule has 2 aromatic heterocycles. The lowest BCUT2D eigenvalue weighted by Crippen LogP contribution is -2.25. The predicted octanol–water partition coefficient (Wildman–Crippen LogP) is 3.80. The smallest absolute Gasteiger partial charge is 0.352 e. The van der Waals surface area contributed by atoms with Crippen LogP contribution in [0.3, 0.4) is 0 Å². The third-order valence-corrected chi connectivity index (χ3v) is 5.37. The largest absolute Gasteiger partial charge is 0.477 e. The van der Waals surface area contributed by atoms with Crippen molar-refractivity contribution in [2.24, 2.45) is 0 Å². The highest BCUT2D eigenvalue weighted by atomic mass is 32.1. The van der Waals surface area contributed by atoms with Gasteiger partial charge in [0.15, 0.2) is 0 Å². The van der Waals surface area contributed by atoms with Crippen LogP contribution in [-0.2, 0) is 4.79 Å². The summed E-state index contributed by atoms with van der Waals surface area (Å²) < 4.78 is 1.63. The molecule has 3 aromatic rings. The number of allylic oxidation sites excluding steroid dienone is 1. The molecule has 1 aromatic carbocycles. The summed E-state index contributed by atoms with van der Waals surface area (Å²) in [6.07, 6.45) is 3.05. The fourth-order valence-electron chi connectivity index (χ4n) is 3.29. The highest BCUT2D eigenvalue weighted by molar-refractivity contribution is 7.10. The van der Waals surface area contributed by atoms with Gasteiger partial charge in [-0.15, -0.1) is 11.3 Å². The van der Waals surface area contributed by atoms with Gasteiger partial charge in [0.25, 0.3) is 5.91 Å². The van der Waals surface area contributed by atoms with Gasteiger partial charge in [-0.1, -0.05) is 12.1 Å². The van der Waals surface area contributed by atoms with Gasteiger partial charge in [0.1, 0.15) is 23.1 Å². The van der Waals surface area contributed by atoms with Gasteiger partial charge in [-0.25, -0.2) is 9.48 Å². The van der Waals surface area contributed by atoms with E-state index < -0.39 is 5.97 Å². The van der Waals surface area contributed by atoms with Gasteiger partial charge in [-0.2, -0.15) is 5.10 Å². The quantitative estimate of drug-likeness (QED) is 0.626. The molecule has 0 spiro atoms. The Hall–Kier alpha value is -3.39. The van der Waals surface area contributed by atoms with Gasteiger partial charge in [0, 0.05) is 10.6 Å². The normalized spacial score (nSPS) is 15.4. The Morgan fingerprint density at radius 2 is 2.00 bits per heavy atom. The van der Waals surface area contributed by atoms with Crippen LogP contribution < -0.4 is 10.6 Å². The van der Waals surface area contributed by atoms with E-state index in [0.717, 1.165) is 16.0 Å². The lowest BCUT2D eigenvalue weighted by molar-refractivity contribution is -0.132. The lowest BCUT2D eigenvalue weighted by Gasteiger charge is -2.23. The Morgan fingerprint density at radius 1 is 1.25 bits per heavy atom. The molecule has 0 fully saturated rings. The molecule has 0 saturated carbocycles. The molecular formula is C20H18N4O3S. The van der Waals surface area contributed by atoms with Crippen molar-refractivity contribution in [3.63, 3.8) is 0 Å². The number of nitrogens with one attached hydrogen (secondary N) is 2. The predicted molar refractivity (Wildman–Crippen MR) is 108 cm³/mol. The first-order chi connectivity index (χ1) is 13.4. The molecule has 0 radical (unpaired) electrons. The molecule has 3 N–H and O–H groups in total. The number of carbonyl (C=O) groups is 2. The zero-order valence-electron chi connectivity index (χ0n) is 15.3. The van der Waals surface area contributed by atoms with E-state index in [1.54, 1.807) is 10.8 Å². The van der Waals surface area contributed by atoms with Crippen LogP contribution in [-0.4, -0.2) is 26.8 Å². The molecule has 7 nitrogen and oxygen atoms in total. The van der Waals surface area contributed by atoms with Crippen molar-refractivity contribution < 1.29 is 14.7 Å². The number of anilines is 2. The van der Waals surface area contributed by atoms with Crippen molar-refractivity contribution in [2.75, 3.05) is 10.6 Å². The second-order valence-electron chi connectivity index (χ2n) is 6.65. The summed E-state index contributed by atoms with van der Waals surface area (Å²) in [6, 6.07) is 9.21. The van der Waals surface area contributed by atoms with E-state index in [1.165, 1.54) is 17.5 Å². The summed E-state index contributed by atoms with van der Waals surface area (Å²) in [5, 5.41) is 21.5. The maximum absolute atomic E-state index is 12.9. The zero-order valence-corrected chi connectivity index (χ0v) is 16.1. The van der Waals surface area contributed by atoms with Crippen LogP contribution in [0.15, 0.2) is 53.7 Å². The van der Waals surface area contributed by atoms with Crippen LogP contribution in [0.5, 0.6) is 0 Å². The molecule has 0 bridgehead atoms. The van der Waals surface area contributed by atoms with Crippen molar-refractivity contribution in [3.05, 3.63) is 75.2 Å². The molecule has 3 heterocycles. The van der Waals surface area contributed by atoms with Gasteiger partial charge in [0.2, 0.25) is 0 Å². The fraction of sp³-hybridized carbons (Fsp3) is 0.150. The second-order valence-corrected chi connectivity index (χ2v) is 7.63. The topological polar surface area (TPSA) is 96.3 Å². The first-order valence-electron chi connectivity index (χ1n) is 8.65. The number of nitrogens with zero attached hydrogens (tertiary/aromatic N) is 2. The number of aromatic nitrogens is 2. The van der Waals surface area contributed by atoms with Gasteiger partial charge < -0.3 is 15.7 Å². The number of carboxylic acids is 1. The maximum Gasteiger partial charge on any atom is 0.352 e. The highest BCUT2D eigenvalue weighted by Crippen LogP contribution is 2.34. The van der Waals surface area contributed by atoms with Crippen molar-refractivity contribution in [1.82, 2.24) is 9.78 Å². The van der Waals surface area contributed by atoms with E-state index in [4.69, 9.17) is 0 Å². The van der Waals surface area contributed by atoms with Crippen LogP contribution in [0.4, 0.5) is 11.5 Å². The Kier molecular flexibility index (Phi) is 4.48. The van der Waals surface area contributed by atoms with Crippen LogP contribution in [0.25, 0.3) is 0 Å². The Morgan fingerprint density at radius 3 is 2.64 bits per heavy atom. The first kappa shape index (κ1) is 18.0. The molecule has 0 aliphatic carbocycles. The molecule has 142 valence electrons. The van der Waals surface area contributed by atoms with Crippen LogP contribution in [0, 0.1) is 13.8 Å². The second kappa shape index (κ2) is 6.97. The minimum Gasteiger partial charge on any atom is -0.477 e. The molecule has 1 aliphatic heterocycles. The number of rotatable bonds is 4. The molecule has 1 amide bonds. The van der Waals surface area contributed by atoms with E-state index in [2.05, 4.69) is 15.7 Å². The first-order valence-corrected chi connectivity index (χ1v) is 9.53. The Bertz CT molecular complexity index is 1080. The van der Waals surface area contributed by atoms with Crippen molar-refractivity contribution in [2.45, 2.75) is 19.9 Å². The van der Waals surface area contributed by atoms with Gasteiger partial charge in [-0.05, 0) is 54.6 Å². The molecular weight excluding hydrogens is 376 g/mol. The lowest BCUT2D eigenvalue weighted by atomic mass is 10.1. The molecule has 0 saturated heterocycles. The summed E-state index contributed by atoms with van der Waals surface area (Å²) in [4.78, 5) is 25.4. The summed E-state index contributed by atoms with van der Waals surface area (Å²) in [7, 11) is 0. The number of benzene rings is 1. The van der Waals surface area contributed by atoms with Crippen LogP contribution >= 0.6 is 11.3 Å². The maximum atomic E-state index is 12.9. The number of aryl methyl sites for hydroxylation is 2. The van der Waals surface area contributed by atoms with E-state index in [0.29, 0.717) is 11.5 Å². The summed E-state index contributed by atoms with van der Waals surface area (Å²) in [6.45, 7) is 3.92. The van der Waals surface area contributed by atoms with E-state index in [1.807, 2.05) is 49.6 Å². The Balaban J connectivity index is 1.70. The third kappa shape index (κ3) is 3.29. The van der Waals surface area contributed by atoms with E-state index >= 15 is 0 Å². The van der Waals surface area contributed by atoms with Crippen LogP contribution in [0.1, 0.15) is 32.4 Å². The number of amides is 1. The summed E-state index contributed by atoms with van der Waals surface area (Å²) in [5.74, 6) is -1.08. The van der Waals surface area contributed by atoms with Gasteiger partial charge in [0.05, 0.1) is 6.20 Å². The van der Waals surface area contributed by atoms with Crippen molar-refractivity contribution in [3.8, 4) is 0 Å². The SMILES string of the molecule is Cc1cc(C)cc(NC(=O)c2cnn3c2NC(C(=O)O)=C[C@@H]3c2cccs2)c1. The van der Waals surface area contributed by atoms with Crippen molar-refractivity contribution in [1.29, 1.82) is 0 Å². The number of thiophene rings is 1. The van der Waals surface area contributed by atoms with Crippen LogP contribution in [0.2, 0.25) is 0 Å². The number of carbonyl (C=O) groups excluding carboxylic acids is 1. The summed E-state index contributed by atoms with van der Waals surface area (Å²) in [5.41, 5.74) is 3.07. The molecule has 8 heteroatoms. The average molecular weight is 394 g/mol. The monoisotopic (exact) mass is 394 g/mol. The molecule has 1 atom stereocenters. The number of aliphatic carboxylic acids is 1. The van der Waals surface area contributed by atoms with Gasteiger partial charge >= 0.3 is 5.97 Å². The third-order valence-electron chi connectivity index (χ3n) is 4.43. The zero-order chi connectivity index (χ0) is 19.8. The number of fused-ring (bicyclic) bond motifs is 1. The number of carboxylic acid groups (broad SMARTS) is 1.